The fourth-order valence-corrected chi connectivity index (χ4v) is 3.81. The normalized spacial score (nSPS) is 11.3. The highest BCUT2D eigenvalue weighted by atomic mass is 32.2. The molecular weight excluding hydrogens is 428 g/mol. The number of ether oxygens (including phenoxy) is 1. The maximum absolute atomic E-state index is 12.3. The molecule has 3 rings (SSSR count). The van der Waals surface area contributed by atoms with Gasteiger partial charge in [0, 0.05) is 38.3 Å². The Morgan fingerprint density at radius 2 is 1.88 bits per heavy atom. The Bertz CT molecular complexity index is 1130. The monoisotopic (exact) mass is 456 g/mol. The summed E-state index contributed by atoms with van der Waals surface area (Å²) in [7, 11) is -1.50. The van der Waals surface area contributed by atoms with E-state index in [4.69, 9.17) is 9.15 Å². The fourth-order valence-electron chi connectivity index (χ4n) is 3.15. The largest absolute Gasteiger partial charge is 0.493 e. The van der Waals surface area contributed by atoms with Crippen molar-refractivity contribution in [1.29, 1.82) is 0 Å². The molecule has 0 unspecified atom stereocenters. The Kier molecular flexibility index (Phi) is 8.05. The third kappa shape index (κ3) is 6.95. The molecule has 0 spiro atoms. The van der Waals surface area contributed by atoms with Crippen LogP contribution in [0.25, 0.3) is 11.3 Å². The summed E-state index contributed by atoms with van der Waals surface area (Å²) in [6, 6.07) is 16.2. The lowest BCUT2D eigenvalue weighted by molar-refractivity contribution is -0.130. The van der Waals surface area contributed by atoms with E-state index in [0.29, 0.717) is 50.5 Å². The predicted molar refractivity (Wildman–Crippen MR) is 122 cm³/mol. The van der Waals surface area contributed by atoms with Crippen LogP contribution in [0.1, 0.15) is 25.2 Å². The van der Waals surface area contributed by atoms with E-state index in [1.165, 1.54) is 12.1 Å². The number of benzene rings is 2. The smallest absolute Gasteiger partial charge is 0.222 e. The summed E-state index contributed by atoms with van der Waals surface area (Å²) in [5.74, 6) is 1.91. The number of aromatic nitrogens is 1. The Hall–Kier alpha value is -3.13. The van der Waals surface area contributed by atoms with Crippen molar-refractivity contribution in [2.45, 2.75) is 30.6 Å². The molecule has 0 saturated carbocycles. The molecule has 0 N–H and O–H groups in total. The molecular formula is C24H28N2O5S. The van der Waals surface area contributed by atoms with Gasteiger partial charge in [0.2, 0.25) is 5.91 Å². The molecule has 7 nitrogen and oxygen atoms in total. The summed E-state index contributed by atoms with van der Waals surface area (Å²) < 4.78 is 34.6. The van der Waals surface area contributed by atoms with Gasteiger partial charge in [-0.3, -0.25) is 4.79 Å². The summed E-state index contributed by atoms with van der Waals surface area (Å²) in [6.45, 7) is 0.950. The standard InChI is InChI=1S/C24H28N2O5S/c1-26(15-8-16-30-20-11-6-12-21(17-20)32(2,28)29)24(27)14-7-13-23-25-18-22(31-23)19-9-4-3-5-10-19/h3-6,9-12,17-18H,7-8,13-16H2,1-2H3. The third-order valence-corrected chi connectivity index (χ3v) is 6.07. The molecule has 1 aromatic heterocycles. The van der Waals surface area contributed by atoms with E-state index in [1.807, 2.05) is 30.3 Å². The van der Waals surface area contributed by atoms with Crippen molar-refractivity contribution in [2.24, 2.45) is 0 Å². The van der Waals surface area contributed by atoms with Crippen LogP contribution in [-0.2, 0) is 21.1 Å². The first kappa shape index (κ1) is 23.5. The molecule has 0 fully saturated rings. The second-order valence-electron chi connectivity index (χ2n) is 7.60. The highest BCUT2D eigenvalue weighted by Gasteiger charge is 2.11. The zero-order valence-corrected chi connectivity index (χ0v) is 19.2. The molecule has 0 saturated heterocycles. The average molecular weight is 457 g/mol. The van der Waals surface area contributed by atoms with Crippen molar-refractivity contribution in [3.8, 4) is 17.1 Å². The maximum atomic E-state index is 12.3. The van der Waals surface area contributed by atoms with Gasteiger partial charge in [-0.2, -0.15) is 0 Å². The highest BCUT2D eigenvalue weighted by Crippen LogP contribution is 2.21. The van der Waals surface area contributed by atoms with Crippen LogP contribution in [0, 0.1) is 0 Å². The van der Waals surface area contributed by atoms with Crippen molar-refractivity contribution in [3.05, 3.63) is 66.7 Å². The third-order valence-electron chi connectivity index (χ3n) is 4.96. The topological polar surface area (TPSA) is 89.7 Å². The minimum absolute atomic E-state index is 0.0545. The second-order valence-corrected chi connectivity index (χ2v) is 9.62. The zero-order valence-electron chi connectivity index (χ0n) is 18.4. The average Bonchev–Trinajstić information content (AvgIpc) is 3.25. The van der Waals surface area contributed by atoms with Crippen molar-refractivity contribution >= 4 is 15.7 Å². The fraction of sp³-hybridized carbons (Fsp3) is 0.333. The number of oxazole rings is 1. The number of carbonyl (C=O) groups is 1. The first-order valence-corrected chi connectivity index (χ1v) is 12.4. The summed E-state index contributed by atoms with van der Waals surface area (Å²) in [4.78, 5) is 18.6. The van der Waals surface area contributed by atoms with Crippen LogP contribution in [0.2, 0.25) is 0 Å². The van der Waals surface area contributed by atoms with Crippen LogP contribution in [0.5, 0.6) is 5.75 Å². The Morgan fingerprint density at radius 1 is 1.09 bits per heavy atom. The minimum Gasteiger partial charge on any atom is -0.493 e. The van der Waals surface area contributed by atoms with E-state index in [-0.39, 0.29) is 10.8 Å². The van der Waals surface area contributed by atoms with E-state index in [2.05, 4.69) is 4.98 Å². The number of sulfone groups is 1. The molecule has 3 aromatic rings. The number of aryl methyl sites for hydroxylation is 1. The summed E-state index contributed by atoms with van der Waals surface area (Å²) in [5.41, 5.74) is 0.979. The molecule has 1 amide bonds. The zero-order chi connectivity index (χ0) is 23.0. The molecule has 0 aliphatic heterocycles. The lowest BCUT2D eigenvalue weighted by Gasteiger charge is -2.17. The van der Waals surface area contributed by atoms with Crippen LogP contribution < -0.4 is 4.74 Å². The van der Waals surface area contributed by atoms with Crippen LogP contribution in [0.3, 0.4) is 0 Å². The van der Waals surface area contributed by atoms with E-state index in [9.17, 15) is 13.2 Å². The molecule has 0 bridgehead atoms. The van der Waals surface area contributed by atoms with Gasteiger partial charge in [0.05, 0.1) is 17.7 Å². The van der Waals surface area contributed by atoms with Gasteiger partial charge in [-0.1, -0.05) is 36.4 Å². The summed E-state index contributed by atoms with van der Waals surface area (Å²) in [5, 5.41) is 0. The summed E-state index contributed by atoms with van der Waals surface area (Å²) >= 11 is 0. The SMILES string of the molecule is CN(CCCOc1cccc(S(C)(=O)=O)c1)C(=O)CCCc1ncc(-c2ccccc2)o1. The van der Waals surface area contributed by atoms with Crippen LogP contribution in [0.15, 0.2) is 70.1 Å². The van der Waals surface area contributed by atoms with Crippen LogP contribution in [-0.4, -0.2) is 50.7 Å². The molecule has 0 radical (unpaired) electrons. The lowest BCUT2D eigenvalue weighted by Crippen LogP contribution is -2.28. The number of nitrogens with zero attached hydrogens (tertiary/aromatic N) is 2. The van der Waals surface area contributed by atoms with Crippen LogP contribution in [0.4, 0.5) is 0 Å². The Labute approximate surface area is 189 Å². The number of hydrogen-bond donors (Lipinski definition) is 0. The van der Waals surface area contributed by atoms with Gasteiger partial charge in [-0.25, -0.2) is 13.4 Å². The van der Waals surface area contributed by atoms with Gasteiger partial charge in [-0.15, -0.1) is 0 Å². The van der Waals surface area contributed by atoms with Gasteiger partial charge in [0.25, 0.3) is 0 Å². The Morgan fingerprint density at radius 3 is 2.62 bits per heavy atom. The molecule has 8 heteroatoms. The molecule has 0 atom stereocenters. The van der Waals surface area contributed by atoms with E-state index in [1.54, 1.807) is 30.3 Å². The van der Waals surface area contributed by atoms with Crippen molar-refractivity contribution in [2.75, 3.05) is 26.5 Å². The predicted octanol–water partition coefficient (Wildman–Crippen LogP) is 4.00. The van der Waals surface area contributed by atoms with Gasteiger partial charge >= 0.3 is 0 Å². The molecule has 1 heterocycles. The maximum Gasteiger partial charge on any atom is 0.222 e. The first-order chi connectivity index (χ1) is 15.3. The lowest BCUT2D eigenvalue weighted by atomic mass is 10.2. The van der Waals surface area contributed by atoms with E-state index >= 15 is 0 Å². The van der Waals surface area contributed by atoms with Crippen molar-refractivity contribution in [1.82, 2.24) is 9.88 Å². The molecule has 0 aliphatic carbocycles. The molecule has 0 aliphatic rings. The number of carbonyl (C=O) groups excluding carboxylic acids is 1. The van der Waals surface area contributed by atoms with Crippen molar-refractivity contribution < 1.29 is 22.4 Å². The second kappa shape index (κ2) is 10.9. The summed E-state index contributed by atoms with van der Waals surface area (Å²) in [6.07, 6.45) is 5.20. The number of rotatable bonds is 11. The van der Waals surface area contributed by atoms with Gasteiger partial charge in [-0.05, 0) is 31.0 Å². The first-order valence-electron chi connectivity index (χ1n) is 10.5. The number of hydrogen-bond acceptors (Lipinski definition) is 6. The van der Waals surface area contributed by atoms with E-state index < -0.39 is 9.84 Å². The minimum atomic E-state index is -3.27. The van der Waals surface area contributed by atoms with E-state index in [0.717, 1.165) is 17.6 Å². The van der Waals surface area contributed by atoms with Crippen molar-refractivity contribution in [3.63, 3.8) is 0 Å². The molecule has 170 valence electrons. The van der Waals surface area contributed by atoms with Gasteiger partial charge < -0.3 is 14.1 Å². The quantitative estimate of drug-likeness (QED) is 0.405. The Balaban J connectivity index is 1.35. The van der Waals surface area contributed by atoms with Gasteiger partial charge in [0.1, 0.15) is 5.75 Å². The molecule has 32 heavy (non-hydrogen) atoms. The highest BCUT2D eigenvalue weighted by molar-refractivity contribution is 7.90. The molecule has 2 aromatic carbocycles. The van der Waals surface area contributed by atoms with Gasteiger partial charge in [0.15, 0.2) is 21.5 Å². The number of amides is 1. The van der Waals surface area contributed by atoms with Crippen LogP contribution >= 0.6 is 0 Å².